The van der Waals surface area contributed by atoms with Crippen LogP contribution in [0.2, 0.25) is 0 Å². The molecule has 8 heteroatoms. The van der Waals surface area contributed by atoms with E-state index in [1.807, 2.05) is 0 Å². The zero-order chi connectivity index (χ0) is 16.8. The van der Waals surface area contributed by atoms with Crippen LogP contribution >= 0.6 is 0 Å². The van der Waals surface area contributed by atoms with Gasteiger partial charge in [-0.1, -0.05) is 12.1 Å². The second kappa shape index (κ2) is 8.21. The van der Waals surface area contributed by atoms with Crippen LogP contribution in [0.3, 0.4) is 0 Å². The Labute approximate surface area is 130 Å². The van der Waals surface area contributed by atoms with Gasteiger partial charge in [0.2, 0.25) is 15.9 Å². The van der Waals surface area contributed by atoms with Gasteiger partial charge in [-0.25, -0.2) is 12.8 Å². The summed E-state index contributed by atoms with van der Waals surface area (Å²) >= 11 is 0. The van der Waals surface area contributed by atoms with Gasteiger partial charge in [0.1, 0.15) is 5.82 Å². The fraction of sp³-hybridized carbons (Fsp3) is 0.500. The van der Waals surface area contributed by atoms with Crippen molar-refractivity contribution in [2.24, 2.45) is 0 Å². The third kappa shape index (κ3) is 6.50. The van der Waals surface area contributed by atoms with Gasteiger partial charge in [-0.05, 0) is 24.6 Å². The normalized spacial score (nSPS) is 13.1. The second-order valence-corrected chi connectivity index (χ2v) is 7.06. The van der Waals surface area contributed by atoms with Crippen LogP contribution in [-0.4, -0.2) is 51.2 Å². The van der Waals surface area contributed by atoms with Crippen LogP contribution in [0, 0.1) is 5.82 Å². The topological polar surface area (TPSA) is 75.7 Å². The highest BCUT2D eigenvalue weighted by Crippen LogP contribution is 2.09. The summed E-state index contributed by atoms with van der Waals surface area (Å²) in [7, 11) is -2.05. The molecule has 0 unspecified atom stereocenters. The maximum atomic E-state index is 12.9. The third-order valence-electron chi connectivity index (χ3n) is 2.89. The lowest BCUT2D eigenvalue weighted by molar-refractivity contribution is -0.122. The molecule has 1 aromatic rings. The summed E-state index contributed by atoms with van der Waals surface area (Å²) in [6.45, 7) is 1.80. The number of hydrogen-bond acceptors (Lipinski definition) is 4. The van der Waals surface area contributed by atoms with Gasteiger partial charge in [0.15, 0.2) is 0 Å². The molecule has 0 aliphatic rings. The zero-order valence-corrected chi connectivity index (χ0v) is 13.7. The van der Waals surface area contributed by atoms with Gasteiger partial charge < -0.3 is 10.1 Å². The molecule has 1 aromatic carbocycles. The Morgan fingerprint density at radius 1 is 1.36 bits per heavy atom. The average molecular weight is 332 g/mol. The number of nitrogens with zero attached hydrogens (tertiary/aromatic N) is 1. The fourth-order valence-corrected chi connectivity index (χ4v) is 2.59. The smallest absolute Gasteiger partial charge is 0.235 e. The van der Waals surface area contributed by atoms with Crippen LogP contribution in [0.15, 0.2) is 24.3 Å². The Morgan fingerprint density at radius 3 is 2.45 bits per heavy atom. The zero-order valence-electron chi connectivity index (χ0n) is 12.9. The van der Waals surface area contributed by atoms with Gasteiger partial charge in [-0.15, -0.1) is 0 Å². The highest BCUT2D eigenvalue weighted by atomic mass is 32.2. The Hall–Kier alpha value is -1.51. The standard InChI is InChI=1S/C14H21FN2O4S/c1-11(10-21-2)16-14(18)9-17(22(3,19)20)8-12-4-6-13(15)7-5-12/h4-7,11H,8-10H2,1-3H3,(H,16,18)/t11-/m1/s1. The van der Waals surface area contributed by atoms with Gasteiger partial charge in [-0.2, -0.15) is 4.31 Å². The Balaban J connectivity index is 2.73. The molecular formula is C14H21FN2O4S. The Bertz CT molecular complexity index is 589. The first-order valence-electron chi connectivity index (χ1n) is 6.70. The van der Waals surface area contributed by atoms with Gasteiger partial charge in [0.25, 0.3) is 0 Å². The summed E-state index contributed by atoms with van der Waals surface area (Å²) in [6.07, 6.45) is 1.03. The number of benzene rings is 1. The number of methoxy groups -OCH3 is 1. The molecule has 22 heavy (non-hydrogen) atoms. The highest BCUT2D eigenvalue weighted by Gasteiger charge is 2.21. The van der Waals surface area contributed by atoms with Crippen LogP contribution in [0.5, 0.6) is 0 Å². The van der Waals surface area contributed by atoms with Crippen molar-refractivity contribution in [2.75, 3.05) is 26.5 Å². The lowest BCUT2D eigenvalue weighted by atomic mass is 10.2. The van der Waals surface area contributed by atoms with Crippen molar-refractivity contribution in [1.82, 2.24) is 9.62 Å². The molecule has 0 spiro atoms. The molecule has 0 fully saturated rings. The van der Waals surface area contributed by atoms with Crippen molar-refractivity contribution in [2.45, 2.75) is 19.5 Å². The first kappa shape index (κ1) is 18.5. The molecule has 0 heterocycles. The predicted molar refractivity (Wildman–Crippen MR) is 81.1 cm³/mol. The molecule has 0 aromatic heterocycles. The van der Waals surface area contributed by atoms with Gasteiger partial charge in [0.05, 0.1) is 19.4 Å². The van der Waals surface area contributed by atoms with Crippen LogP contribution < -0.4 is 5.32 Å². The van der Waals surface area contributed by atoms with Gasteiger partial charge >= 0.3 is 0 Å². The number of ether oxygens (including phenoxy) is 1. The summed E-state index contributed by atoms with van der Waals surface area (Å²) in [4.78, 5) is 11.9. The SMILES string of the molecule is COC[C@@H](C)NC(=O)CN(Cc1ccc(F)cc1)S(C)(=O)=O. The maximum Gasteiger partial charge on any atom is 0.235 e. The molecule has 0 aliphatic carbocycles. The Morgan fingerprint density at radius 2 is 1.95 bits per heavy atom. The van der Waals surface area contributed by atoms with E-state index in [9.17, 15) is 17.6 Å². The molecule has 0 radical (unpaired) electrons. The minimum absolute atomic E-state index is 0.00515. The van der Waals surface area contributed by atoms with Crippen molar-refractivity contribution in [1.29, 1.82) is 0 Å². The molecule has 6 nitrogen and oxygen atoms in total. The summed E-state index contributed by atoms with van der Waals surface area (Å²) in [5.74, 6) is -0.821. The number of hydrogen-bond donors (Lipinski definition) is 1. The highest BCUT2D eigenvalue weighted by molar-refractivity contribution is 7.88. The monoisotopic (exact) mass is 332 g/mol. The molecule has 124 valence electrons. The summed E-state index contributed by atoms with van der Waals surface area (Å²) in [6, 6.07) is 5.25. The fourth-order valence-electron chi connectivity index (χ4n) is 1.86. The number of rotatable bonds is 8. The minimum Gasteiger partial charge on any atom is -0.383 e. The molecule has 1 rings (SSSR count). The molecule has 0 saturated heterocycles. The van der Waals surface area contributed by atoms with Gasteiger partial charge in [-0.3, -0.25) is 4.79 Å². The van der Waals surface area contributed by atoms with E-state index in [1.165, 1.54) is 31.4 Å². The van der Waals surface area contributed by atoms with Crippen molar-refractivity contribution in [3.8, 4) is 0 Å². The van der Waals surface area contributed by atoms with Gasteiger partial charge in [0, 0.05) is 19.7 Å². The quantitative estimate of drug-likeness (QED) is 0.762. The third-order valence-corrected chi connectivity index (χ3v) is 4.08. The number of halogens is 1. The van der Waals surface area contributed by atoms with E-state index in [2.05, 4.69) is 5.32 Å². The van der Waals surface area contributed by atoms with E-state index >= 15 is 0 Å². The number of carbonyl (C=O) groups excluding carboxylic acids is 1. The van der Waals surface area contributed by atoms with E-state index in [4.69, 9.17) is 4.74 Å². The first-order chi connectivity index (χ1) is 10.2. The average Bonchev–Trinajstić information content (AvgIpc) is 2.39. The number of carbonyl (C=O) groups is 1. The van der Waals surface area contributed by atoms with Crippen LogP contribution in [-0.2, 0) is 26.1 Å². The second-order valence-electron chi connectivity index (χ2n) is 5.08. The predicted octanol–water partition coefficient (Wildman–Crippen LogP) is 0.738. The lowest BCUT2D eigenvalue weighted by Crippen LogP contribution is -2.44. The van der Waals surface area contributed by atoms with Crippen LogP contribution in [0.25, 0.3) is 0 Å². The molecule has 0 aliphatic heterocycles. The largest absolute Gasteiger partial charge is 0.383 e. The molecular weight excluding hydrogens is 311 g/mol. The van der Waals surface area contributed by atoms with Crippen LogP contribution in [0.4, 0.5) is 4.39 Å². The lowest BCUT2D eigenvalue weighted by Gasteiger charge is -2.21. The minimum atomic E-state index is -3.57. The number of sulfonamides is 1. The molecule has 1 N–H and O–H groups in total. The first-order valence-corrected chi connectivity index (χ1v) is 8.55. The summed E-state index contributed by atoms with van der Waals surface area (Å²) in [5, 5.41) is 2.65. The van der Waals surface area contributed by atoms with E-state index in [0.29, 0.717) is 12.2 Å². The van der Waals surface area contributed by atoms with Crippen molar-refractivity contribution < 1.29 is 22.3 Å². The van der Waals surface area contributed by atoms with Crippen LogP contribution in [0.1, 0.15) is 12.5 Å². The van der Waals surface area contributed by atoms with E-state index in [0.717, 1.165) is 10.6 Å². The van der Waals surface area contributed by atoms with Crippen molar-refractivity contribution in [3.05, 3.63) is 35.6 Å². The van der Waals surface area contributed by atoms with Crippen molar-refractivity contribution >= 4 is 15.9 Å². The molecule has 1 atom stereocenters. The van der Waals surface area contributed by atoms with E-state index in [1.54, 1.807) is 6.92 Å². The molecule has 0 bridgehead atoms. The molecule has 1 amide bonds. The Kier molecular flexibility index (Phi) is 6.92. The number of nitrogens with one attached hydrogen (secondary N) is 1. The summed E-state index contributed by atoms with van der Waals surface area (Å²) in [5.41, 5.74) is 0.601. The van der Waals surface area contributed by atoms with E-state index in [-0.39, 0.29) is 19.1 Å². The van der Waals surface area contributed by atoms with E-state index < -0.39 is 21.7 Å². The molecule has 0 saturated carbocycles. The van der Waals surface area contributed by atoms with Crippen molar-refractivity contribution in [3.63, 3.8) is 0 Å². The number of amides is 1. The maximum absolute atomic E-state index is 12.9. The summed E-state index contributed by atoms with van der Waals surface area (Å²) < 4.78 is 42.4.